The summed E-state index contributed by atoms with van der Waals surface area (Å²) in [7, 11) is 0. The van der Waals surface area contributed by atoms with Crippen LogP contribution in [-0.2, 0) is 5.41 Å². The Kier molecular flexibility index (Phi) is 5.89. The van der Waals surface area contributed by atoms with Gasteiger partial charge in [-0.3, -0.25) is 0 Å². The van der Waals surface area contributed by atoms with Crippen molar-refractivity contribution in [3.63, 3.8) is 0 Å². The van der Waals surface area contributed by atoms with Crippen LogP contribution in [0.15, 0.2) is 152 Å². The molecule has 3 heterocycles. The molecule has 11 rings (SSSR count). The van der Waals surface area contributed by atoms with Gasteiger partial charge in [0.15, 0.2) is 5.82 Å². The number of nitrogens with zero attached hydrogens (tertiary/aromatic N) is 3. The van der Waals surface area contributed by atoms with Gasteiger partial charge in [-0.15, -0.1) is 11.3 Å². The van der Waals surface area contributed by atoms with Crippen molar-refractivity contribution in [3.05, 3.63) is 163 Å². The summed E-state index contributed by atoms with van der Waals surface area (Å²) in [4.78, 5) is 10.4. The SMILES string of the molecule is CC1(C)c2ccccc2-c2cc(-n3c4ccccc4c4c5sc6c(-c7nc(-c8ccccc8)c8ccccc8n7)cccc6c5ccc43)ccc21. The van der Waals surface area contributed by atoms with Crippen LogP contribution in [0.25, 0.3) is 92.3 Å². The molecule has 0 atom stereocenters. The van der Waals surface area contributed by atoms with Gasteiger partial charge in [-0.05, 0) is 58.7 Å². The number of rotatable bonds is 3. The van der Waals surface area contributed by atoms with E-state index in [1.165, 1.54) is 69.9 Å². The lowest BCUT2D eigenvalue weighted by Crippen LogP contribution is -2.14. The maximum atomic E-state index is 5.26. The van der Waals surface area contributed by atoms with E-state index in [0.717, 1.165) is 33.5 Å². The molecule has 4 heteroatoms. The van der Waals surface area contributed by atoms with Crippen LogP contribution in [-0.4, -0.2) is 14.5 Å². The van der Waals surface area contributed by atoms with Gasteiger partial charge in [0.05, 0.1) is 22.2 Å². The molecule has 0 amide bonds. The first-order chi connectivity index (χ1) is 25.1. The highest BCUT2D eigenvalue weighted by molar-refractivity contribution is 7.27. The second-order valence-corrected chi connectivity index (χ2v) is 15.2. The Labute approximate surface area is 299 Å². The first-order valence-corrected chi connectivity index (χ1v) is 18.3. The van der Waals surface area contributed by atoms with E-state index in [9.17, 15) is 0 Å². The van der Waals surface area contributed by atoms with Gasteiger partial charge >= 0.3 is 0 Å². The van der Waals surface area contributed by atoms with Crippen molar-refractivity contribution >= 4 is 64.2 Å². The van der Waals surface area contributed by atoms with Crippen molar-refractivity contribution in [3.8, 4) is 39.5 Å². The largest absolute Gasteiger partial charge is 0.309 e. The average Bonchev–Trinajstić information content (AvgIpc) is 3.80. The van der Waals surface area contributed by atoms with Gasteiger partial charge in [-0.25, -0.2) is 9.97 Å². The second-order valence-electron chi connectivity index (χ2n) is 14.2. The minimum atomic E-state index is -0.0250. The Hall–Kier alpha value is -6.10. The van der Waals surface area contributed by atoms with Gasteiger partial charge < -0.3 is 4.57 Å². The monoisotopic (exact) mass is 669 g/mol. The lowest BCUT2D eigenvalue weighted by molar-refractivity contribution is 0.660. The number of hydrogen-bond acceptors (Lipinski definition) is 3. The molecular formula is C47H31N3S. The Balaban J connectivity index is 1.16. The van der Waals surface area contributed by atoms with Gasteiger partial charge in [-0.1, -0.05) is 129 Å². The molecule has 51 heavy (non-hydrogen) atoms. The number of fused-ring (bicyclic) bond motifs is 11. The van der Waals surface area contributed by atoms with Crippen LogP contribution in [0.3, 0.4) is 0 Å². The highest BCUT2D eigenvalue weighted by Gasteiger charge is 2.35. The third kappa shape index (κ3) is 3.99. The number of benzene rings is 7. The van der Waals surface area contributed by atoms with Gasteiger partial charge in [-0.2, -0.15) is 0 Å². The average molecular weight is 670 g/mol. The van der Waals surface area contributed by atoms with Crippen LogP contribution >= 0.6 is 11.3 Å². The highest BCUT2D eigenvalue weighted by atomic mass is 32.1. The highest BCUT2D eigenvalue weighted by Crippen LogP contribution is 2.50. The van der Waals surface area contributed by atoms with Crippen LogP contribution in [0.4, 0.5) is 0 Å². The second kappa shape index (κ2) is 10.5. The van der Waals surface area contributed by atoms with E-state index in [1.807, 2.05) is 17.4 Å². The molecule has 0 saturated carbocycles. The molecule has 0 saturated heterocycles. The summed E-state index contributed by atoms with van der Waals surface area (Å²) in [6.45, 7) is 4.69. The Morgan fingerprint density at radius 1 is 0.510 bits per heavy atom. The molecule has 10 aromatic rings. The Morgan fingerprint density at radius 3 is 2.12 bits per heavy atom. The third-order valence-corrected chi connectivity index (χ3v) is 12.3. The first-order valence-electron chi connectivity index (χ1n) is 17.5. The maximum absolute atomic E-state index is 5.26. The molecule has 3 aromatic heterocycles. The van der Waals surface area contributed by atoms with E-state index in [4.69, 9.17) is 9.97 Å². The Bertz CT molecular complexity index is 3060. The molecular weight excluding hydrogens is 639 g/mol. The third-order valence-electron chi connectivity index (χ3n) is 11.0. The van der Waals surface area contributed by atoms with Crippen LogP contribution in [0, 0.1) is 0 Å². The lowest BCUT2D eigenvalue weighted by Gasteiger charge is -2.21. The topological polar surface area (TPSA) is 30.7 Å². The number of para-hydroxylation sites is 2. The summed E-state index contributed by atoms with van der Waals surface area (Å²) >= 11 is 1.86. The number of hydrogen-bond donors (Lipinski definition) is 0. The van der Waals surface area contributed by atoms with Crippen molar-refractivity contribution in [2.45, 2.75) is 19.3 Å². The van der Waals surface area contributed by atoms with Crippen LogP contribution in [0.5, 0.6) is 0 Å². The smallest absolute Gasteiger partial charge is 0.161 e. The zero-order valence-corrected chi connectivity index (χ0v) is 29.0. The normalized spacial score (nSPS) is 13.5. The molecule has 0 N–H and O–H groups in total. The summed E-state index contributed by atoms with van der Waals surface area (Å²) in [6, 6.07) is 54.8. The molecule has 0 fully saturated rings. The predicted octanol–water partition coefficient (Wildman–Crippen LogP) is 12.7. The van der Waals surface area contributed by atoms with E-state index in [0.29, 0.717) is 0 Å². The van der Waals surface area contributed by atoms with Gasteiger partial charge in [0.25, 0.3) is 0 Å². The minimum Gasteiger partial charge on any atom is -0.309 e. The minimum absolute atomic E-state index is 0.0250. The molecule has 0 aliphatic heterocycles. The van der Waals surface area contributed by atoms with Crippen LogP contribution in [0.2, 0.25) is 0 Å². The van der Waals surface area contributed by atoms with Crippen LogP contribution in [0.1, 0.15) is 25.0 Å². The quantitative estimate of drug-likeness (QED) is 0.187. The Morgan fingerprint density at radius 2 is 1.22 bits per heavy atom. The molecule has 0 spiro atoms. The zero-order chi connectivity index (χ0) is 33.8. The molecule has 0 radical (unpaired) electrons. The van der Waals surface area contributed by atoms with E-state index >= 15 is 0 Å². The fraction of sp³-hybridized carbons (Fsp3) is 0.0638. The lowest BCUT2D eigenvalue weighted by atomic mass is 9.82. The standard InChI is InChI=1S/C47H31N3S/c1-47(2)37-20-9-6-15-30(37)36-27-29(23-25-38(36)47)50-40-22-11-8-17-34(40)42-41(50)26-24-32-31-18-12-19-35(44(31)51-45(32)42)46-48-39-21-10-7-16-33(39)43(49-46)28-13-4-3-5-14-28/h3-27H,1-2H3. The van der Waals surface area contributed by atoms with Gasteiger partial charge in [0, 0.05) is 58.6 Å². The maximum Gasteiger partial charge on any atom is 0.161 e. The fourth-order valence-corrected chi connectivity index (χ4v) is 9.99. The van der Waals surface area contributed by atoms with Crippen molar-refractivity contribution in [2.75, 3.05) is 0 Å². The van der Waals surface area contributed by atoms with Crippen molar-refractivity contribution < 1.29 is 0 Å². The molecule has 3 nitrogen and oxygen atoms in total. The zero-order valence-electron chi connectivity index (χ0n) is 28.2. The van der Waals surface area contributed by atoms with E-state index < -0.39 is 0 Å². The van der Waals surface area contributed by atoms with Gasteiger partial charge in [0.2, 0.25) is 0 Å². The predicted molar refractivity (Wildman–Crippen MR) is 215 cm³/mol. The van der Waals surface area contributed by atoms with Crippen molar-refractivity contribution in [1.82, 2.24) is 14.5 Å². The van der Waals surface area contributed by atoms with E-state index in [1.54, 1.807) is 0 Å². The molecule has 0 unspecified atom stereocenters. The number of thiophene rings is 1. The summed E-state index contributed by atoms with van der Waals surface area (Å²) in [5, 5.41) is 6.12. The summed E-state index contributed by atoms with van der Waals surface area (Å²) in [6.07, 6.45) is 0. The summed E-state index contributed by atoms with van der Waals surface area (Å²) in [5.74, 6) is 0.754. The van der Waals surface area contributed by atoms with Gasteiger partial charge in [0.1, 0.15) is 0 Å². The van der Waals surface area contributed by atoms with E-state index in [-0.39, 0.29) is 5.41 Å². The molecule has 7 aromatic carbocycles. The number of aromatic nitrogens is 3. The van der Waals surface area contributed by atoms with E-state index in [2.05, 4.69) is 164 Å². The molecule has 1 aliphatic carbocycles. The fourth-order valence-electron chi connectivity index (χ4n) is 8.62. The molecule has 0 bridgehead atoms. The summed E-state index contributed by atoms with van der Waals surface area (Å²) < 4.78 is 4.96. The molecule has 1 aliphatic rings. The first kappa shape index (κ1) is 28.7. The summed E-state index contributed by atoms with van der Waals surface area (Å²) in [5.41, 5.74) is 13.1. The van der Waals surface area contributed by atoms with Crippen molar-refractivity contribution in [2.24, 2.45) is 0 Å². The van der Waals surface area contributed by atoms with Crippen LogP contribution < -0.4 is 0 Å². The molecule has 240 valence electrons. The van der Waals surface area contributed by atoms with Crippen molar-refractivity contribution in [1.29, 1.82) is 0 Å².